The first-order valence-corrected chi connectivity index (χ1v) is 5.58. The average molecular weight is 194 g/mol. The topological polar surface area (TPSA) is 38.0 Å². The van der Waals surface area contributed by atoms with Crippen LogP contribution in [0.2, 0.25) is 0 Å². The molecule has 0 unspecified atom stereocenters. The van der Waals surface area contributed by atoms with Gasteiger partial charge in [0.25, 0.3) is 0 Å². The molecule has 0 bridgehead atoms. The monoisotopic (exact) mass is 194 g/mol. The third kappa shape index (κ3) is 1.98. The Morgan fingerprint density at radius 1 is 1.46 bits per heavy atom. The van der Waals surface area contributed by atoms with Crippen molar-refractivity contribution in [1.29, 1.82) is 0 Å². The molecule has 1 aliphatic rings. The van der Waals surface area contributed by atoms with Crippen LogP contribution in [0, 0.1) is 0 Å². The first-order chi connectivity index (χ1) is 6.40. The maximum absolute atomic E-state index is 5.51. The summed E-state index contributed by atoms with van der Waals surface area (Å²) >= 11 is 1.93. The maximum atomic E-state index is 5.51. The predicted octanol–water partition coefficient (Wildman–Crippen LogP) is 1.71. The maximum Gasteiger partial charge on any atom is 0.0478 e. The van der Waals surface area contributed by atoms with Crippen LogP contribution in [0.3, 0.4) is 0 Å². The van der Waals surface area contributed by atoms with Gasteiger partial charge in [-0.1, -0.05) is 6.07 Å². The molecule has 0 saturated heterocycles. The van der Waals surface area contributed by atoms with Crippen LogP contribution in [-0.4, -0.2) is 18.8 Å². The molecular weight excluding hydrogens is 180 g/mol. The quantitative estimate of drug-likeness (QED) is 0.752. The van der Waals surface area contributed by atoms with Crippen molar-refractivity contribution in [1.82, 2.24) is 0 Å². The SMILES string of the molecule is NCCc1ccc2c(c1)SCCN2. The van der Waals surface area contributed by atoms with Crippen molar-refractivity contribution in [3.63, 3.8) is 0 Å². The number of hydrogen-bond donors (Lipinski definition) is 2. The van der Waals surface area contributed by atoms with E-state index in [1.165, 1.54) is 21.9 Å². The van der Waals surface area contributed by atoms with Gasteiger partial charge in [0.05, 0.1) is 0 Å². The van der Waals surface area contributed by atoms with Crippen LogP contribution in [0.1, 0.15) is 5.56 Å². The van der Waals surface area contributed by atoms with Gasteiger partial charge in [-0.05, 0) is 30.7 Å². The minimum Gasteiger partial charge on any atom is -0.383 e. The molecule has 0 aromatic heterocycles. The van der Waals surface area contributed by atoms with Crippen molar-refractivity contribution < 1.29 is 0 Å². The average Bonchev–Trinajstić information content (AvgIpc) is 2.18. The number of rotatable bonds is 2. The standard InChI is InChI=1S/C10H14N2S/c11-4-3-8-1-2-9-10(7-8)13-6-5-12-9/h1-2,7,12H,3-6,11H2. The number of nitrogens with two attached hydrogens (primary N) is 1. The largest absolute Gasteiger partial charge is 0.383 e. The van der Waals surface area contributed by atoms with Gasteiger partial charge in [-0.15, -0.1) is 11.8 Å². The molecule has 0 spiro atoms. The molecule has 3 N–H and O–H groups in total. The summed E-state index contributed by atoms with van der Waals surface area (Å²) in [4.78, 5) is 1.37. The summed E-state index contributed by atoms with van der Waals surface area (Å²) in [7, 11) is 0. The second-order valence-electron chi connectivity index (χ2n) is 3.14. The molecular formula is C10H14N2S. The van der Waals surface area contributed by atoms with Crippen LogP contribution in [0.5, 0.6) is 0 Å². The Kier molecular flexibility index (Phi) is 2.76. The smallest absolute Gasteiger partial charge is 0.0478 e. The van der Waals surface area contributed by atoms with Crippen LogP contribution in [0.15, 0.2) is 23.1 Å². The number of fused-ring (bicyclic) bond motifs is 1. The molecule has 1 aromatic carbocycles. The van der Waals surface area contributed by atoms with Gasteiger partial charge in [-0.3, -0.25) is 0 Å². The normalized spacial score (nSPS) is 14.8. The van der Waals surface area contributed by atoms with Crippen LogP contribution in [-0.2, 0) is 6.42 Å². The van der Waals surface area contributed by atoms with Crippen molar-refractivity contribution in [2.45, 2.75) is 11.3 Å². The van der Waals surface area contributed by atoms with Gasteiger partial charge < -0.3 is 11.1 Å². The molecule has 1 aromatic rings. The Balaban J connectivity index is 2.24. The summed E-state index contributed by atoms with van der Waals surface area (Å²) < 4.78 is 0. The second-order valence-corrected chi connectivity index (χ2v) is 4.28. The number of anilines is 1. The molecule has 2 nitrogen and oxygen atoms in total. The van der Waals surface area contributed by atoms with E-state index in [0.29, 0.717) is 0 Å². The minimum atomic E-state index is 0.733. The van der Waals surface area contributed by atoms with Crippen LogP contribution >= 0.6 is 11.8 Å². The van der Waals surface area contributed by atoms with Gasteiger partial charge in [0.15, 0.2) is 0 Å². The lowest BCUT2D eigenvalue weighted by atomic mass is 10.1. The number of hydrogen-bond acceptors (Lipinski definition) is 3. The van der Waals surface area contributed by atoms with E-state index in [0.717, 1.165) is 19.5 Å². The van der Waals surface area contributed by atoms with Gasteiger partial charge in [-0.2, -0.15) is 0 Å². The molecule has 1 aliphatic heterocycles. The Morgan fingerprint density at radius 3 is 3.23 bits per heavy atom. The third-order valence-electron chi connectivity index (χ3n) is 2.15. The summed E-state index contributed by atoms with van der Waals surface area (Å²) in [6.07, 6.45) is 0.980. The lowest BCUT2D eigenvalue weighted by Gasteiger charge is -2.17. The van der Waals surface area contributed by atoms with E-state index in [2.05, 4.69) is 23.5 Å². The van der Waals surface area contributed by atoms with E-state index in [-0.39, 0.29) is 0 Å². The van der Waals surface area contributed by atoms with Crippen LogP contribution in [0.4, 0.5) is 5.69 Å². The number of thioether (sulfide) groups is 1. The summed E-state index contributed by atoms with van der Waals surface area (Å²) in [5, 5.41) is 3.38. The Bertz CT molecular complexity index is 299. The molecule has 1 heterocycles. The van der Waals surface area contributed by atoms with Gasteiger partial charge in [0, 0.05) is 22.9 Å². The first kappa shape index (κ1) is 8.91. The predicted molar refractivity (Wildman–Crippen MR) is 58.4 cm³/mol. The van der Waals surface area contributed by atoms with Crippen molar-refractivity contribution >= 4 is 17.4 Å². The fraction of sp³-hybridized carbons (Fsp3) is 0.400. The lowest BCUT2D eigenvalue weighted by Crippen LogP contribution is -2.10. The van der Waals surface area contributed by atoms with Crippen molar-refractivity contribution in [3.05, 3.63) is 23.8 Å². The highest BCUT2D eigenvalue weighted by Crippen LogP contribution is 2.31. The summed E-state index contributed by atoms with van der Waals surface area (Å²) in [5.41, 5.74) is 8.13. The summed E-state index contributed by atoms with van der Waals surface area (Å²) in [6.45, 7) is 1.81. The van der Waals surface area contributed by atoms with Crippen molar-refractivity contribution in [3.8, 4) is 0 Å². The zero-order valence-electron chi connectivity index (χ0n) is 7.55. The lowest BCUT2D eigenvalue weighted by molar-refractivity contribution is 0.962. The molecule has 0 amide bonds. The van der Waals surface area contributed by atoms with Crippen molar-refractivity contribution in [2.75, 3.05) is 24.2 Å². The molecule has 0 saturated carbocycles. The first-order valence-electron chi connectivity index (χ1n) is 4.60. The highest BCUT2D eigenvalue weighted by molar-refractivity contribution is 7.99. The number of benzene rings is 1. The summed E-state index contributed by atoms with van der Waals surface area (Å²) in [6, 6.07) is 6.57. The molecule has 13 heavy (non-hydrogen) atoms. The van der Waals surface area contributed by atoms with Crippen molar-refractivity contribution in [2.24, 2.45) is 5.73 Å². The van der Waals surface area contributed by atoms with E-state index in [1.807, 2.05) is 11.8 Å². The molecule has 0 radical (unpaired) electrons. The zero-order chi connectivity index (χ0) is 9.10. The molecule has 3 heteroatoms. The highest BCUT2D eigenvalue weighted by Gasteiger charge is 2.08. The third-order valence-corrected chi connectivity index (χ3v) is 3.21. The second kappa shape index (κ2) is 4.03. The van der Waals surface area contributed by atoms with Crippen LogP contribution in [0.25, 0.3) is 0 Å². The van der Waals surface area contributed by atoms with E-state index < -0.39 is 0 Å². The fourth-order valence-electron chi connectivity index (χ4n) is 1.50. The molecule has 0 atom stereocenters. The molecule has 0 fully saturated rings. The van der Waals surface area contributed by atoms with E-state index in [1.54, 1.807) is 0 Å². The molecule has 2 rings (SSSR count). The Hall–Kier alpha value is -0.670. The van der Waals surface area contributed by atoms with Gasteiger partial charge in [-0.25, -0.2) is 0 Å². The zero-order valence-corrected chi connectivity index (χ0v) is 8.36. The molecule has 70 valence electrons. The van der Waals surface area contributed by atoms with E-state index >= 15 is 0 Å². The van der Waals surface area contributed by atoms with Gasteiger partial charge >= 0.3 is 0 Å². The Morgan fingerprint density at radius 2 is 2.38 bits per heavy atom. The molecule has 0 aliphatic carbocycles. The van der Waals surface area contributed by atoms with E-state index in [9.17, 15) is 0 Å². The highest BCUT2D eigenvalue weighted by atomic mass is 32.2. The van der Waals surface area contributed by atoms with Crippen LogP contribution < -0.4 is 11.1 Å². The fourth-order valence-corrected chi connectivity index (χ4v) is 2.46. The Labute approximate surface area is 82.9 Å². The minimum absolute atomic E-state index is 0.733. The number of nitrogens with one attached hydrogen (secondary N) is 1. The van der Waals surface area contributed by atoms with Gasteiger partial charge in [0.2, 0.25) is 0 Å². The van der Waals surface area contributed by atoms with Gasteiger partial charge in [0.1, 0.15) is 0 Å². The van der Waals surface area contributed by atoms with E-state index in [4.69, 9.17) is 5.73 Å². The summed E-state index contributed by atoms with van der Waals surface area (Å²) in [5.74, 6) is 1.17.